The molecule has 5 heteroatoms. The Bertz CT molecular complexity index is 291. The fourth-order valence-electron chi connectivity index (χ4n) is 2.03. The zero-order valence-electron chi connectivity index (χ0n) is 11.0. The number of carbonyl (C=O) groups excluding carboxylic acids is 2. The number of alkyl carbamates (subject to hydrolysis) is 1. The number of nitrogens with zero attached hydrogens (tertiary/aromatic N) is 1. The number of rotatable bonds is 3. The zero-order chi connectivity index (χ0) is 13.0. The van der Waals surface area contributed by atoms with Crippen LogP contribution in [0, 0.1) is 11.8 Å². The van der Waals surface area contributed by atoms with Crippen LogP contribution in [-0.2, 0) is 9.53 Å². The highest BCUT2D eigenvalue weighted by Crippen LogP contribution is 2.17. The molecular weight excluding hydrogens is 220 g/mol. The van der Waals surface area contributed by atoms with E-state index in [1.807, 2.05) is 18.7 Å². The lowest BCUT2D eigenvalue weighted by Gasteiger charge is -2.26. The van der Waals surface area contributed by atoms with Crippen LogP contribution in [0.5, 0.6) is 0 Å². The van der Waals surface area contributed by atoms with Crippen LogP contribution in [0.1, 0.15) is 27.2 Å². The van der Waals surface area contributed by atoms with E-state index in [2.05, 4.69) is 17.0 Å². The van der Waals surface area contributed by atoms with Crippen molar-refractivity contribution >= 4 is 12.0 Å². The zero-order valence-corrected chi connectivity index (χ0v) is 11.0. The van der Waals surface area contributed by atoms with Gasteiger partial charge in [0.05, 0.1) is 7.11 Å². The molecule has 1 aliphatic rings. The van der Waals surface area contributed by atoms with Gasteiger partial charge in [0.2, 0.25) is 5.91 Å². The molecular formula is C12H22N2O3. The molecule has 0 aromatic rings. The summed E-state index contributed by atoms with van der Waals surface area (Å²) in [6.45, 7) is 7.53. The monoisotopic (exact) mass is 242 g/mol. The molecule has 2 unspecified atom stereocenters. The van der Waals surface area contributed by atoms with Crippen molar-refractivity contribution in [3.8, 4) is 0 Å². The minimum absolute atomic E-state index is 0.00486. The van der Waals surface area contributed by atoms with Gasteiger partial charge in [-0.2, -0.15) is 0 Å². The van der Waals surface area contributed by atoms with Gasteiger partial charge in [-0.3, -0.25) is 4.79 Å². The lowest BCUT2D eigenvalue weighted by Crippen LogP contribution is -2.50. The molecule has 98 valence electrons. The summed E-state index contributed by atoms with van der Waals surface area (Å²) in [4.78, 5) is 25.3. The van der Waals surface area contributed by atoms with Crippen LogP contribution < -0.4 is 5.32 Å². The highest BCUT2D eigenvalue weighted by atomic mass is 16.5. The topological polar surface area (TPSA) is 58.6 Å². The molecule has 0 radical (unpaired) electrons. The molecule has 1 heterocycles. The molecule has 1 aliphatic heterocycles. The quantitative estimate of drug-likeness (QED) is 0.810. The lowest BCUT2D eigenvalue weighted by atomic mass is 10.0. The Balaban J connectivity index is 2.63. The highest BCUT2D eigenvalue weighted by Gasteiger charge is 2.32. The van der Waals surface area contributed by atoms with Crippen LogP contribution >= 0.6 is 0 Å². The second kappa shape index (κ2) is 5.89. The van der Waals surface area contributed by atoms with Gasteiger partial charge in [0.25, 0.3) is 0 Å². The number of hydrogen-bond donors (Lipinski definition) is 1. The predicted molar refractivity (Wildman–Crippen MR) is 64.5 cm³/mol. The van der Waals surface area contributed by atoms with Gasteiger partial charge in [0.1, 0.15) is 6.04 Å². The Morgan fingerprint density at radius 3 is 2.47 bits per heavy atom. The van der Waals surface area contributed by atoms with E-state index in [1.54, 1.807) is 0 Å². The molecule has 0 saturated carbocycles. The van der Waals surface area contributed by atoms with Crippen LogP contribution in [0.3, 0.4) is 0 Å². The van der Waals surface area contributed by atoms with Crippen molar-refractivity contribution in [3.63, 3.8) is 0 Å². The number of ether oxygens (including phenoxy) is 1. The third-order valence-electron chi connectivity index (χ3n) is 3.13. The van der Waals surface area contributed by atoms with Gasteiger partial charge in [-0.15, -0.1) is 0 Å². The molecule has 0 bridgehead atoms. The smallest absolute Gasteiger partial charge is 0.407 e. The summed E-state index contributed by atoms with van der Waals surface area (Å²) in [7, 11) is 1.30. The van der Waals surface area contributed by atoms with E-state index in [9.17, 15) is 9.59 Å². The Morgan fingerprint density at radius 2 is 2.06 bits per heavy atom. The van der Waals surface area contributed by atoms with Gasteiger partial charge in [0.15, 0.2) is 0 Å². The summed E-state index contributed by atoms with van der Waals surface area (Å²) in [6.07, 6.45) is 0.485. The Kier molecular flexibility index (Phi) is 4.78. The van der Waals surface area contributed by atoms with E-state index in [-0.39, 0.29) is 11.8 Å². The first kappa shape index (κ1) is 13.8. The second-order valence-corrected chi connectivity index (χ2v) is 5.04. The average molecular weight is 242 g/mol. The van der Waals surface area contributed by atoms with Crippen LogP contribution in [-0.4, -0.2) is 43.1 Å². The van der Waals surface area contributed by atoms with E-state index in [0.717, 1.165) is 19.5 Å². The van der Waals surface area contributed by atoms with Crippen molar-refractivity contribution in [2.24, 2.45) is 11.8 Å². The van der Waals surface area contributed by atoms with Gasteiger partial charge in [-0.1, -0.05) is 20.8 Å². The van der Waals surface area contributed by atoms with E-state index in [4.69, 9.17) is 0 Å². The Hall–Kier alpha value is -1.26. The fourth-order valence-corrected chi connectivity index (χ4v) is 2.03. The minimum atomic E-state index is -0.552. The minimum Gasteiger partial charge on any atom is -0.453 e. The number of hydrogen-bond acceptors (Lipinski definition) is 3. The molecule has 17 heavy (non-hydrogen) atoms. The average Bonchev–Trinajstić information content (AvgIpc) is 2.71. The maximum Gasteiger partial charge on any atom is 0.407 e. The van der Waals surface area contributed by atoms with Crippen molar-refractivity contribution in [2.75, 3.05) is 20.2 Å². The van der Waals surface area contributed by atoms with Crippen molar-refractivity contribution < 1.29 is 14.3 Å². The van der Waals surface area contributed by atoms with Crippen LogP contribution in [0.15, 0.2) is 0 Å². The molecule has 1 saturated heterocycles. The van der Waals surface area contributed by atoms with Gasteiger partial charge < -0.3 is 15.0 Å². The molecule has 0 aliphatic carbocycles. The lowest BCUT2D eigenvalue weighted by molar-refractivity contribution is -0.133. The molecule has 1 N–H and O–H groups in total. The summed E-state index contributed by atoms with van der Waals surface area (Å²) in [6, 6.07) is -0.493. The molecule has 1 rings (SSSR count). The normalized spacial score (nSPS) is 21.5. The molecule has 1 fully saturated rings. The molecule has 0 spiro atoms. The molecule has 0 aromatic heterocycles. The van der Waals surface area contributed by atoms with E-state index >= 15 is 0 Å². The van der Waals surface area contributed by atoms with Gasteiger partial charge in [0, 0.05) is 13.1 Å². The van der Waals surface area contributed by atoms with Crippen LogP contribution in [0.2, 0.25) is 0 Å². The second-order valence-electron chi connectivity index (χ2n) is 5.04. The third-order valence-corrected chi connectivity index (χ3v) is 3.13. The van der Waals surface area contributed by atoms with Crippen LogP contribution in [0.25, 0.3) is 0 Å². The van der Waals surface area contributed by atoms with Crippen molar-refractivity contribution in [1.82, 2.24) is 10.2 Å². The SMILES string of the molecule is COC(=O)NC(C(=O)N1CCC(C)C1)C(C)C. The number of methoxy groups -OCH3 is 1. The van der Waals surface area contributed by atoms with Crippen LogP contribution in [0.4, 0.5) is 4.79 Å². The maximum absolute atomic E-state index is 12.2. The highest BCUT2D eigenvalue weighted by molar-refractivity contribution is 5.86. The van der Waals surface area contributed by atoms with Gasteiger partial charge in [-0.05, 0) is 18.3 Å². The summed E-state index contributed by atoms with van der Waals surface area (Å²) in [5.74, 6) is 0.595. The summed E-state index contributed by atoms with van der Waals surface area (Å²) < 4.78 is 4.54. The van der Waals surface area contributed by atoms with E-state index in [1.165, 1.54) is 7.11 Å². The van der Waals surface area contributed by atoms with Crippen molar-refractivity contribution in [2.45, 2.75) is 33.2 Å². The number of likely N-dealkylation sites (tertiary alicyclic amines) is 1. The largest absolute Gasteiger partial charge is 0.453 e. The first-order valence-corrected chi connectivity index (χ1v) is 6.09. The Labute approximate surface area is 102 Å². The summed E-state index contributed by atoms with van der Waals surface area (Å²) in [5, 5.41) is 2.61. The fraction of sp³-hybridized carbons (Fsp3) is 0.833. The van der Waals surface area contributed by atoms with Crippen molar-refractivity contribution in [1.29, 1.82) is 0 Å². The van der Waals surface area contributed by atoms with Crippen molar-refractivity contribution in [3.05, 3.63) is 0 Å². The number of amides is 2. The molecule has 2 amide bonds. The third kappa shape index (κ3) is 3.61. The first-order chi connectivity index (χ1) is 7.95. The first-order valence-electron chi connectivity index (χ1n) is 6.09. The molecule has 0 aromatic carbocycles. The molecule has 5 nitrogen and oxygen atoms in total. The van der Waals surface area contributed by atoms with E-state index in [0.29, 0.717) is 5.92 Å². The predicted octanol–water partition coefficient (Wildman–Crippen LogP) is 1.24. The standard InChI is InChI=1S/C12H22N2O3/c1-8(2)10(13-12(16)17-4)11(15)14-6-5-9(3)7-14/h8-10H,5-7H2,1-4H3,(H,13,16). The summed E-state index contributed by atoms with van der Waals surface area (Å²) >= 11 is 0. The Morgan fingerprint density at radius 1 is 1.41 bits per heavy atom. The maximum atomic E-state index is 12.2. The number of nitrogens with one attached hydrogen (secondary N) is 1. The van der Waals surface area contributed by atoms with Gasteiger partial charge in [-0.25, -0.2) is 4.79 Å². The number of carbonyl (C=O) groups is 2. The van der Waals surface area contributed by atoms with Gasteiger partial charge >= 0.3 is 6.09 Å². The molecule has 2 atom stereocenters. The van der Waals surface area contributed by atoms with E-state index < -0.39 is 12.1 Å². The summed E-state index contributed by atoms with van der Waals surface area (Å²) in [5.41, 5.74) is 0.